The Balaban J connectivity index is 1.54. The standard InChI is InChI=1S/C15H23NO/c1-13(10-16-15-8-5-9-15)11-17-12-14-6-3-2-4-7-14/h2-4,6-7,13,15-16H,5,8-12H2,1H3. The maximum atomic E-state index is 5.73. The molecule has 1 aliphatic carbocycles. The van der Waals surface area contributed by atoms with Crippen LogP contribution in [0.1, 0.15) is 31.7 Å². The molecular formula is C15H23NO. The molecule has 94 valence electrons. The van der Waals surface area contributed by atoms with Gasteiger partial charge in [-0.3, -0.25) is 0 Å². The Morgan fingerprint density at radius 3 is 2.71 bits per heavy atom. The van der Waals surface area contributed by atoms with Gasteiger partial charge in [-0.2, -0.15) is 0 Å². The molecule has 0 bridgehead atoms. The average molecular weight is 233 g/mol. The number of ether oxygens (including phenoxy) is 1. The van der Waals surface area contributed by atoms with Gasteiger partial charge in [0.15, 0.2) is 0 Å². The van der Waals surface area contributed by atoms with Gasteiger partial charge in [0.05, 0.1) is 13.2 Å². The average Bonchev–Trinajstić information content (AvgIpc) is 2.28. The summed E-state index contributed by atoms with van der Waals surface area (Å²) in [5.74, 6) is 0.597. The number of rotatable bonds is 7. The van der Waals surface area contributed by atoms with E-state index in [1.165, 1.54) is 24.8 Å². The second-order valence-corrected chi connectivity index (χ2v) is 5.14. The quantitative estimate of drug-likeness (QED) is 0.781. The Bertz CT molecular complexity index is 308. The summed E-state index contributed by atoms with van der Waals surface area (Å²) < 4.78 is 5.73. The summed E-state index contributed by atoms with van der Waals surface area (Å²) in [4.78, 5) is 0. The van der Waals surface area contributed by atoms with Crippen molar-refractivity contribution in [2.45, 2.75) is 38.8 Å². The van der Waals surface area contributed by atoms with E-state index in [0.717, 1.165) is 25.8 Å². The van der Waals surface area contributed by atoms with E-state index in [2.05, 4.69) is 36.5 Å². The summed E-state index contributed by atoms with van der Waals surface area (Å²) in [6.45, 7) is 4.90. The minimum absolute atomic E-state index is 0.597. The molecule has 0 heterocycles. The highest BCUT2D eigenvalue weighted by Gasteiger charge is 2.16. The smallest absolute Gasteiger partial charge is 0.0717 e. The second-order valence-electron chi connectivity index (χ2n) is 5.14. The molecule has 17 heavy (non-hydrogen) atoms. The predicted molar refractivity (Wildman–Crippen MR) is 70.9 cm³/mol. The molecule has 1 aliphatic rings. The molecule has 2 nitrogen and oxygen atoms in total. The molecular weight excluding hydrogens is 210 g/mol. The van der Waals surface area contributed by atoms with E-state index >= 15 is 0 Å². The first-order valence-electron chi connectivity index (χ1n) is 6.69. The summed E-state index contributed by atoms with van der Waals surface area (Å²) in [5, 5.41) is 3.59. The van der Waals surface area contributed by atoms with Crippen molar-refractivity contribution >= 4 is 0 Å². The van der Waals surface area contributed by atoms with Crippen LogP contribution in [0.3, 0.4) is 0 Å². The fourth-order valence-corrected chi connectivity index (χ4v) is 1.99. The molecule has 2 heteroatoms. The fourth-order valence-electron chi connectivity index (χ4n) is 1.99. The van der Waals surface area contributed by atoms with E-state index in [4.69, 9.17) is 4.74 Å². The maximum absolute atomic E-state index is 5.73. The first-order valence-corrected chi connectivity index (χ1v) is 6.69. The van der Waals surface area contributed by atoms with Crippen LogP contribution in [0.5, 0.6) is 0 Å². The lowest BCUT2D eigenvalue weighted by molar-refractivity contribution is 0.0897. The zero-order valence-corrected chi connectivity index (χ0v) is 10.7. The number of benzene rings is 1. The molecule has 0 aromatic heterocycles. The first-order chi connectivity index (χ1) is 8.34. The van der Waals surface area contributed by atoms with E-state index in [9.17, 15) is 0 Å². The van der Waals surface area contributed by atoms with Gasteiger partial charge in [-0.25, -0.2) is 0 Å². The Hall–Kier alpha value is -0.860. The maximum Gasteiger partial charge on any atom is 0.0717 e. The van der Waals surface area contributed by atoms with E-state index in [-0.39, 0.29) is 0 Å². The first kappa shape index (κ1) is 12.6. The molecule has 1 fully saturated rings. The van der Waals surface area contributed by atoms with Crippen molar-refractivity contribution in [2.75, 3.05) is 13.2 Å². The van der Waals surface area contributed by atoms with Crippen LogP contribution >= 0.6 is 0 Å². The molecule has 0 saturated heterocycles. The zero-order valence-electron chi connectivity index (χ0n) is 10.7. The lowest BCUT2D eigenvalue weighted by Crippen LogP contribution is -2.38. The third kappa shape index (κ3) is 4.49. The highest BCUT2D eigenvalue weighted by Crippen LogP contribution is 2.18. The molecule has 0 spiro atoms. The monoisotopic (exact) mass is 233 g/mol. The van der Waals surface area contributed by atoms with Gasteiger partial charge >= 0.3 is 0 Å². The van der Waals surface area contributed by atoms with Crippen LogP contribution in [0.4, 0.5) is 0 Å². The molecule has 1 saturated carbocycles. The van der Waals surface area contributed by atoms with Crippen molar-refractivity contribution in [1.82, 2.24) is 5.32 Å². The van der Waals surface area contributed by atoms with Crippen molar-refractivity contribution in [1.29, 1.82) is 0 Å². The highest BCUT2D eigenvalue weighted by molar-refractivity contribution is 5.13. The molecule has 0 amide bonds. The SMILES string of the molecule is CC(CNC1CCC1)COCc1ccccc1. The van der Waals surface area contributed by atoms with Crippen molar-refractivity contribution in [3.63, 3.8) is 0 Å². The van der Waals surface area contributed by atoms with Crippen LogP contribution in [-0.4, -0.2) is 19.2 Å². The van der Waals surface area contributed by atoms with Crippen LogP contribution < -0.4 is 5.32 Å². The Labute approximate surface area is 104 Å². The normalized spacial score (nSPS) is 17.7. The Morgan fingerprint density at radius 2 is 2.06 bits per heavy atom. The molecule has 1 unspecified atom stereocenters. The van der Waals surface area contributed by atoms with Gasteiger partial charge in [-0.05, 0) is 24.3 Å². The fraction of sp³-hybridized carbons (Fsp3) is 0.600. The summed E-state index contributed by atoms with van der Waals surface area (Å²) in [7, 11) is 0. The van der Waals surface area contributed by atoms with Crippen LogP contribution in [0, 0.1) is 5.92 Å². The third-order valence-electron chi connectivity index (χ3n) is 3.37. The summed E-state index contributed by atoms with van der Waals surface area (Å²) in [6.07, 6.45) is 4.12. The van der Waals surface area contributed by atoms with Gasteiger partial charge in [-0.15, -0.1) is 0 Å². The van der Waals surface area contributed by atoms with Crippen LogP contribution in [0.25, 0.3) is 0 Å². The van der Waals surface area contributed by atoms with Crippen molar-refractivity contribution in [3.8, 4) is 0 Å². The molecule has 1 aromatic carbocycles. The lowest BCUT2D eigenvalue weighted by atomic mass is 9.93. The van der Waals surface area contributed by atoms with E-state index in [0.29, 0.717) is 5.92 Å². The largest absolute Gasteiger partial charge is 0.376 e. The van der Waals surface area contributed by atoms with E-state index in [1.807, 2.05) is 6.07 Å². The Kier molecular flexibility index (Phi) is 5.02. The zero-order chi connectivity index (χ0) is 11.9. The number of nitrogens with one attached hydrogen (secondary N) is 1. The third-order valence-corrected chi connectivity index (χ3v) is 3.37. The molecule has 0 aliphatic heterocycles. The van der Waals surface area contributed by atoms with Crippen molar-refractivity contribution in [2.24, 2.45) is 5.92 Å². The van der Waals surface area contributed by atoms with Gasteiger partial charge in [0.2, 0.25) is 0 Å². The van der Waals surface area contributed by atoms with Gasteiger partial charge < -0.3 is 10.1 Å². The highest BCUT2D eigenvalue weighted by atomic mass is 16.5. The van der Waals surface area contributed by atoms with Gasteiger partial charge in [0.1, 0.15) is 0 Å². The summed E-state index contributed by atoms with van der Waals surface area (Å²) >= 11 is 0. The summed E-state index contributed by atoms with van der Waals surface area (Å²) in [6, 6.07) is 11.1. The lowest BCUT2D eigenvalue weighted by Gasteiger charge is -2.28. The van der Waals surface area contributed by atoms with Crippen molar-refractivity contribution < 1.29 is 4.74 Å². The van der Waals surface area contributed by atoms with Crippen LogP contribution in [0.15, 0.2) is 30.3 Å². The Morgan fingerprint density at radius 1 is 1.29 bits per heavy atom. The predicted octanol–water partition coefficient (Wildman–Crippen LogP) is 2.98. The number of hydrogen-bond acceptors (Lipinski definition) is 2. The van der Waals surface area contributed by atoms with Gasteiger partial charge in [-0.1, -0.05) is 43.7 Å². The molecule has 0 radical (unpaired) electrons. The molecule has 1 aromatic rings. The van der Waals surface area contributed by atoms with Gasteiger partial charge in [0.25, 0.3) is 0 Å². The molecule has 1 N–H and O–H groups in total. The topological polar surface area (TPSA) is 21.3 Å². The van der Waals surface area contributed by atoms with Crippen LogP contribution in [-0.2, 0) is 11.3 Å². The molecule has 1 atom stereocenters. The van der Waals surface area contributed by atoms with Crippen molar-refractivity contribution in [3.05, 3.63) is 35.9 Å². The number of hydrogen-bond donors (Lipinski definition) is 1. The van der Waals surface area contributed by atoms with Gasteiger partial charge in [0, 0.05) is 12.6 Å². The minimum Gasteiger partial charge on any atom is -0.376 e. The minimum atomic E-state index is 0.597. The molecule has 2 rings (SSSR count). The second kappa shape index (κ2) is 6.77. The van der Waals surface area contributed by atoms with E-state index < -0.39 is 0 Å². The van der Waals surface area contributed by atoms with Crippen LogP contribution in [0.2, 0.25) is 0 Å². The van der Waals surface area contributed by atoms with E-state index in [1.54, 1.807) is 0 Å². The summed E-state index contributed by atoms with van der Waals surface area (Å²) in [5.41, 5.74) is 1.26.